The van der Waals surface area contributed by atoms with Gasteiger partial charge in [0.05, 0.1) is 0 Å². The van der Waals surface area contributed by atoms with Crippen LogP contribution in [0.5, 0.6) is 0 Å². The van der Waals surface area contributed by atoms with Crippen molar-refractivity contribution in [1.29, 1.82) is 0 Å². The highest BCUT2D eigenvalue weighted by Crippen LogP contribution is 2.19. The molecular weight excluding hydrogens is 196 g/mol. The molecule has 1 rings (SSSR count). The maximum absolute atomic E-state index is 2.28. The Hall–Kier alpha value is -0.563. The van der Waals surface area contributed by atoms with Gasteiger partial charge < -0.3 is 0 Å². The average molecular weight is 220 g/mol. The molecule has 15 heavy (non-hydrogen) atoms. The zero-order chi connectivity index (χ0) is 10.9. The van der Waals surface area contributed by atoms with Crippen molar-refractivity contribution in [2.45, 2.75) is 51.0 Å². The lowest BCUT2D eigenvalue weighted by atomic mass is 10.0. The Kier molecular flexibility index (Phi) is 6.41. The Morgan fingerprint density at radius 3 is 2.33 bits per heavy atom. The summed E-state index contributed by atoms with van der Waals surface area (Å²) >= 11 is 0. The lowest BCUT2D eigenvalue weighted by molar-refractivity contribution is 0.601. The highest BCUT2D eigenvalue weighted by atomic mass is 28.1. The number of rotatable bonds is 7. The summed E-state index contributed by atoms with van der Waals surface area (Å²) in [6.07, 6.45) is 8.45. The maximum atomic E-state index is 2.28. The van der Waals surface area contributed by atoms with Crippen molar-refractivity contribution >= 4 is 10.2 Å². The van der Waals surface area contributed by atoms with E-state index in [9.17, 15) is 0 Å². The van der Waals surface area contributed by atoms with Gasteiger partial charge in [-0.05, 0) is 17.5 Å². The van der Waals surface area contributed by atoms with Gasteiger partial charge in [0.1, 0.15) is 0 Å². The zero-order valence-corrected chi connectivity index (χ0v) is 12.2. The van der Waals surface area contributed by atoms with Gasteiger partial charge >= 0.3 is 0 Å². The highest BCUT2D eigenvalue weighted by molar-refractivity contribution is 6.12. The van der Waals surface area contributed by atoms with Crippen molar-refractivity contribution in [3.63, 3.8) is 0 Å². The molecule has 0 nitrogen and oxygen atoms in total. The van der Waals surface area contributed by atoms with E-state index in [1.54, 1.807) is 5.56 Å². The van der Waals surface area contributed by atoms with Gasteiger partial charge in [0.15, 0.2) is 0 Å². The summed E-state index contributed by atoms with van der Waals surface area (Å²) in [4.78, 5) is 0. The Balaban J connectivity index is 2.16. The van der Waals surface area contributed by atoms with E-state index >= 15 is 0 Å². The van der Waals surface area contributed by atoms with Gasteiger partial charge in [-0.25, -0.2) is 0 Å². The molecule has 0 aliphatic heterocycles. The van der Waals surface area contributed by atoms with E-state index in [1.807, 2.05) is 0 Å². The van der Waals surface area contributed by atoms with Crippen LogP contribution in [0.1, 0.15) is 56.6 Å². The number of hydrogen-bond donors (Lipinski definition) is 0. The SMILES string of the molecule is CCCCCCCC([SiH3])c1ccccc1. The molecule has 1 aromatic carbocycles. The second kappa shape index (κ2) is 7.69. The highest BCUT2D eigenvalue weighted by Gasteiger charge is 2.03. The molecule has 84 valence electrons. The quantitative estimate of drug-likeness (QED) is 0.488. The van der Waals surface area contributed by atoms with E-state index in [2.05, 4.69) is 37.3 Å². The molecule has 0 amide bonds. The van der Waals surface area contributed by atoms with Crippen LogP contribution in [0.2, 0.25) is 0 Å². The Morgan fingerprint density at radius 2 is 1.67 bits per heavy atom. The monoisotopic (exact) mass is 220 g/mol. The van der Waals surface area contributed by atoms with Crippen molar-refractivity contribution in [3.05, 3.63) is 35.9 Å². The van der Waals surface area contributed by atoms with Crippen LogP contribution >= 0.6 is 0 Å². The van der Waals surface area contributed by atoms with Gasteiger partial charge in [-0.2, -0.15) is 0 Å². The third kappa shape index (κ3) is 5.17. The summed E-state index contributed by atoms with van der Waals surface area (Å²) in [5, 5.41) is 0. The van der Waals surface area contributed by atoms with E-state index in [4.69, 9.17) is 0 Å². The van der Waals surface area contributed by atoms with Crippen LogP contribution in [0.3, 0.4) is 0 Å². The zero-order valence-electron chi connectivity index (χ0n) is 10.2. The molecule has 0 spiro atoms. The van der Waals surface area contributed by atoms with Gasteiger partial charge in [0.25, 0.3) is 0 Å². The molecular formula is C14H24Si. The summed E-state index contributed by atoms with van der Waals surface area (Å²) in [6.45, 7) is 2.28. The first-order valence-electron chi connectivity index (χ1n) is 6.39. The number of benzene rings is 1. The third-order valence-corrected chi connectivity index (χ3v) is 4.35. The largest absolute Gasteiger partial charge is 0.0654 e. The van der Waals surface area contributed by atoms with Gasteiger partial charge in [0, 0.05) is 10.2 Å². The average Bonchev–Trinajstić information content (AvgIpc) is 2.30. The standard InChI is InChI=1S/C14H24Si/c1-2-3-4-5-9-12-14(15)13-10-7-6-8-11-13/h6-8,10-11,14H,2-5,9,12H2,1,15H3. The van der Waals surface area contributed by atoms with Gasteiger partial charge in [-0.3, -0.25) is 0 Å². The molecule has 0 saturated heterocycles. The van der Waals surface area contributed by atoms with Crippen molar-refractivity contribution in [2.24, 2.45) is 0 Å². The van der Waals surface area contributed by atoms with Gasteiger partial charge in [-0.1, -0.05) is 69.4 Å². The first-order chi connectivity index (χ1) is 7.34. The normalized spacial score (nSPS) is 12.9. The lowest BCUT2D eigenvalue weighted by Gasteiger charge is -2.11. The van der Waals surface area contributed by atoms with Crippen molar-refractivity contribution in [2.75, 3.05) is 0 Å². The van der Waals surface area contributed by atoms with E-state index in [0.29, 0.717) is 0 Å². The van der Waals surface area contributed by atoms with Gasteiger partial charge in [0.2, 0.25) is 0 Å². The van der Waals surface area contributed by atoms with Crippen molar-refractivity contribution in [1.82, 2.24) is 0 Å². The van der Waals surface area contributed by atoms with E-state index in [-0.39, 0.29) is 0 Å². The molecule has 0 bridgehead atoms. The van der Waals surface area contributed by atoms with E-state index in [0.717, 1.165) is 5.54 Å². The Labute approximate surface area is 97.5 Å². The minimum absolute atomic E-state index is 0.868. The predicted molar refractivity (Wildman–Crippen MR) is 72.5 cm³/mol. The predicted octanol–water partition coefficient (Wildman–Crippen LogP) is 3.45. The molecule has 0 N–H and O–H groups in total. The van der Waals surface area contributed by atoms with Crippen LogP contribution in [0.4, 0.5) is 0 Å². The fourth-order valence-corrected chi connectivity index (χ4v) is 2.80. The molecule has 0 aliphatic rings. The smallest absolute Gasteiger partial charge is 0.0123 e. The first-order valence-corrected chi connectivity index (χ1v) is 7.55. The minimum Gasteiger partial charge on any atom is -0.0654 e. The minimum atomic E-state index is 0.868. The maximum Gasteiger partial charge on any atom is 0.0123 e. The molecule has 1 unspecified atom stereocenters. The fraction of sp³-hybridized carbons (Fsp3) is 0.571. The van der Waals surface area contributed by atoms with Gasteiger partial charge in [-0.15, -0.1) is 0 Å². The lowest BCUT2D eigenvalue weighted by Crippen LogP contribution is -1.97. The molecule has 0 heterocycles. The molecule has 1 heteroatoms. The van der Waals surface area contributed by atoms with Crippen molar-refractivity contribution < 1.29 is 0 Å². The third-order valence-electron chi connectivity index (χ3n) is 3.11. The summed E-state index contributed by atoms with van der Waals surface area (Å²) in [6, 6.07) is 11.0. The molecule has 1 aromatic rings. The molecule has 0 fully saturated rings. The second-order valence-electron chi connectivity index (χ2n) is 4.51. The first kappa shape index (κ1) is 12.5. The molecule has 1 atom stereocenters. The molecule has 0 aromatic heterocycles. The Morgan fingerprint density at radius 1 is 1.00 bits per heavy atom. The van der Waals surface area contributed by atoms with Crippen LogP contribution in [0, 0.1) is 0 Å². The summed E-state index contributed by atoms with van der Waals surface area (Å²) in [5.41, 5.74) is 2.42. The summed E-state index contributed by atoms with van der Waals surface area (Å²) in [5.74, 6) is 0. The topological polar surface area (TPSA) is 0 Å². The van der Waals surface area contributed by atoms with Crippen LogP contribution in [-0.2, 0) is 0 Å². The van der Waals surface area contributed by atoms with Crippen LogP contribution < -0.4 is 0 Å². The van der Waals surface area contributed by atoms with Crippen molar-refractivity contribution in [3.8, 4) is 0 Å². The molecule has 0 saturated carbocycles. The van der Waals surface area contributed by atoms with E-state index < -0.39 is 0 Å². The summed E-state index contributed by atoms with van der Waals surface area (Å²) < 4.78 is 0. The molecule has 0 aliphatic carbocycles. The molecule has 0 radical (unpaired) electrons. The number of unbranched alkanes of at least 4 members (excludes halogenated alkanes) is 4. The number of hydrogen-bond acceptors (Lipinski definition) is 0. The summed E-state index contributed by atoms with van der Waals surface area (Å²) in [7, 11) is 1.30. The second-order valence-corrected chi connectivity index (χ2v) is 5.91. The van der Waals surface area contributed by atoms with Crippen LogP contribution in [0.15, 0.2) is 30.3 Å². The van der Waals surface area contributed by atoms with E-state index in [1.165, 1.54) is 48.8 Å². The van der Waals surface area contributed by atoms with Crippen LogP contribution in [-0.4, -0.2) is 10.2 Å². The Bertz CT molecular complexity index is 243. The van der Waals surface area contributed by atoms with Crippen LogP contribution in [0.25, 0.3) is 0 Å². The fourth-order valence-electron chi connectivity index (χ4n) is 2.00.